The second kappa shape index (κ2) is 7.36. The normalized spacial score (nSPS) is 16.7. The number of nitrogens with zero attached hydrogens (tertiary/aromatic N) is 1. The molecule has 114 valence electrons. The summed E-state index contributed by atoms with van der Waals surface area (Å²) in [5, 5.41) is 2.70. The molecular formula is C17H24N2O2. The maximum atomic E-state index is 12.3. The van der Waals surface area contributed by atoms with E-state index in [4.69, 9.17) is 0 Å². The van der Waals surface area contributed by atoms with Gasteiger partial charge in [-0.25, -0.2) is 0 Å². The summed E-state index contributed by atoms with van der Waals surface area (Å²) in [5.74, 6) is 0.875. The minimum Gasteiger partial charge on any atom is -0.326 e. The van der Waals surface area contributed by atoms with Gasteiger partial charge in [-0.3, -0.25) is 14.5 Å². The quantitative estimate of drug-likeness (QED) is 0.847. The Hall–Kier alpha value is -1.68. The lowest BCUT2D eigenvalue weighted by molar-refractivity contribution is -0.114. The molecule has 21 heavy (non-hydrogen) atoms. The van der Waals surface area contributed by atoms with Crippen LogP contribution in [0.15, 0.2) is 24.3 Å². The number of carbonyl (C=O) groups excluding carboxylic acids is 2. The minimum atomic E-state index is -0.104. The van der Waals surface area contributed by atoms with Crippen LogP contribution in [0.2, 0.25) is 0 Å². The Bertz CT molecular complexity index is 488. The van der Waals surface area contributed by atoms with Gasteiger partial charge in [-0.2, -0.15) is 0 Å². The average Bonchev–Trinajstić information content (AvgIpc) is 2.48. The van der Waals surface area contributed by atoms with E-state index in [0.29, 0.717) is 12.1 Å². The van der Waals surface area contributed by atoms with E-state index in [9.17, 15) is 9.59 Å². The number of Topliss-reactive ketones (excluding diaryl/α,β-unsaturated/α-hetero) is 1. The smallest absolute Gasteiger partial charge is 0.221 e. The first-order chi connectivity index (χ1) is 10.1. The van der Waals surface area contributed by atoms with Crippen LogP contribution in [0, 0.1) is 5.92 Å². The van der Waals surface area contributed by atoms with Gasteiger partial charge in [0.15, 0.2) is 5.78 Å². The lowest BCUT2D eigenvalue weighted by atomic mass is 9.94. The predicted molar refractivity (Wildman–Crippen MR) is 84.5 cm³/mol. The molecule has 1 N–H and O–H groups in total. The second-order valence-electron chi connectivity index (χ2n) is 5.81. The van der Waals surface area contributed by atoms with Crippen molar-refractivity contribution < 1.29 is 9.59 Å². The number of likely N-dealkylation sites (tertiary alicyclic amines) is 1. The van der Waals surface area contributed by atoms with Crippen LogP contribution in [0.5, 0.6) is 0 Å². The van der Waals surface area contributed by atoms with Gasteiger partial charge in [0.05, 0.1) is 6.54 Å². The fourth-order valence-corrected chi connectivity index (χ4v) is 2.79. The first-order valence-electron chi connectivity index (χ1n) is 7.71. The standard InChI is InChI=1S/C17H24N2O2/c1-3-14-8-10-19(11-9-14)12-17(21)15-4-6-16(7-5-15)18-13(2)20/h4-7,14H,3,8-12H2,1-2H3,(H,18,20). The van der Waals surface area contributed by atoms with Crippen LogP contribution in [0.1, 0.15) is 43.5 Å². The van der Waals surface area contributed by atoms with Crippen LogP contribution in [0.25, 0.3) is 0 Å². The molecule has 0 saturated carbocycles. The van der Waals surface area contributed by atoms with Crippen molar-refractivity contribution in [2.75, 3.05) is 25.0 Å². The zero-order chi connectivity index (χ0) is 15.2. The SMILES string of the molecule is CCC1CCN(CC(=O)c2ccc(NC(C)=O)cc2)CC1. The lowest BCUT2D eigenvalue weighted by Gasteiger charge is -2.30. The summed E-state index contributed by atoms with van der Waals surface area (Å²) in [6.45, 7) is 6.25. The molecule has 1 aliphatic heterocycles. The summed E-state index contributed by atoms with van der Waals surface area (Å²) in [7, 11) is 0. The third-order valence-electron chi connectivity index (χ3n) is 4.18. The van der Waals surface area contributed by atoms with Gasteiger partial charge in [0.25, 0.3) is 0 Å². The summed E-state index contributed by atoms with van der Waals surface area (Å²) in [4.78, 5) is 25.5. The Morgan fingerprint density at radius 2 is 1.81 bits per heavy atom. The van der Waals surface area contributed by atoms with Gasteiger partial charge in [0, 0.05) is 18.2 Å². The molecule has 1 aromatic rings. The Morgan fingerprint density at radius 3 is 2.33 bits per heavy atom. The van der Waals surface area contributed by atoms with Crippen molar-refractivity contribution in [1.29, 1.82) is 0 Å². The minimum absolute atomic E-state index is 0.104. The van der Waals surface area contributed by atoms with Gasteiger partial charge in [0.1, 0.15) is 0 Å². The molecule has 1 heterocycles. The largest absolute Gasteiger partial charge is 0.326 e. The Labute approximate surface area is 126 Å². The lowest BCUT2D eigenvalue weighted by Crippen LogP contribution is -2.37. The van der Waals surface area contributed by atoms with Crippen molar-refractivity contribution in [1.82, 2.24) is 4.90 Å². The zero-order valence-corrected chi connectivity index (χ0v) is 12.9. The number of nitrogens with one attached hydrogen (secondary N) is 1. The van der Waals surface area contributed by atoms with Gasteiger partial charge < -0.3 is 5.32 Å². The summed E-state index contributed by atoms with van der Waals surface area (Å²) in [6, 6.07) is 7.12. The zero-order valence-electron chi connectivity index (χ0n) is 12.9. The molecular weight excluding hydrogens is 264 g/mol. The highest BCUT2D eigenvalue weighted by atomic mass is 16.1. The average molecular weight is 288 g/mol. The van der Waals surface area contributed by atoms with E-state index in [1.165, 1.54) is 26.2 Å². The molecule has 2 rings (SSSR count). The molecule has 0 spiro atoms. The molecule has 1 amide bonds. The van der Waals surface area contributed by atoms with Crippen LogP contribution < -0.4 is 5.32 Å². The molecule has 0 aliphatic carbocycles. The van der Waals surface area contributed by atoms with Crippen LogP contribution >= 0.6 is 0 Å². The number of hydrogen-bond acceptors (Lipinski definition) is 3. The van der Waals surface area contributed by atoms with Crippen molar-refractivity contribution in [3.8, 4) is 0 Å². The molecule has 0 radical (unpaired) electrons. The fourth-order valence-electron chi connectivity index (χ4n) is 2.79. The predicted octanol–water partition coefficient (Wildman–Crippen LogP) is 2.95. The number of benzene rings is 1. The molecule has 1 fully saturated rings. The Balaban J connectivity index is 1.87. The number of piperidine rings is 1. The highest BCUT2D eigenvalue weighted by Gasteiger charge is 2.20. The number of rotatable bonds is 5. The first kappa shape index (κ1) is 15.7. The van der Waals surface area contributed by atoms with Crippen LogP contribution in [0.3, 0.4) is 0 Å². The molecule has 1 saturated heterocycles. The number of carbonyl (C=O) groups is 2. The first-order valence-corrected chi connectivity index (χ1v) is 7.71. The van der Waals surface area contributed by atoms with Crippen LogP contribution in [-0.4, -0.2) is 36.2 Å². The van der Waals surface area contributed by atoms with E-state index in [0.717, 1.165) is 24.7 Å². The van der Waals surface area contributed by atoms with E-state index in [-0.39, 0.29) is 11.7 Å². The van der Waals surface area contributed by atoms with E-state index >= 15 is 0 Å². The van der Waals surface area contributed by atoms with Crippen molar-refractivity contribution in [3.05, 3.63) is 29.8 Å². The summed E-state index contributed by atoms with van der Waals surface area (Å²) >= 11 is 0. The molecule has 4 nitrogen and oxygen atoms in total. The van der Waals surface area contributed by atoms with Crippen LogP contribution in [0.4, 0.5) is 5.69 Å². The molecule has 1 aromatic carbocycles. The van der Waals surface area contributed by atoms with Crippen LogP contribution in [-0.2, 0) is 4.79 Å². The van der Waals surface area contributed by atoms with Gasteiger partial charge in [-0.05, 0) is 56.1 Å². The molecule has 0 atom stereocenters. The fraction of sp³-hybridized carbons (Fsp3) is 0.529. The Morgan fingerprint density at radius 1 is 1.19 bits per heavy atom. The van der Waals surface area contributed by atoms with Gasteiger partial charge in [0.2, 0.25) is 5.91 Å². The number of hydrogen-bond donors (Lipinski definition) is 1. The third kappa shape index (κ3) is 4.67. The molecule has 4 heteroatoms. The number of anilines is 1. The molecule has 0 aromatic heterocycles. The van der Waals surface area contributed by atoms with E-state index in [1.807, 2.05) is 0 Å². The summed E-state index contributed by atoms with van der Waals surface area (Å²) in [5.41, 5.74) is 1.43. The maximum absolute atomic E-state index is 12.3. The molecule has 1 aliphatic rings. The number of amides is 1. The van der Waals surface area contributed by atoms with E-state index in [2.05, 4.69) is 17.1 Å². The maximum Gasteiger partial charge on any atom is 0.221 e. The third-order valence-corrected chi connectivity index (χ3v) is 4.18. The van der Waals surface area contributed by atoms with E-state index < -0.39 is 0 Å². The topological polar surface area (TPSA) is 49.4 Å². The van der Waals surface area contributed by atoms with Gasteiger partial charge in [-0.1, -0.05) is 13.3 Å². The van der Waals surface area contributed by atoms with Crippen molar-refractivity contribution in [3.63, 3.8) is 0 Å². The number of ketones is 1. The van der Waals surface area contributed by atoms with E-state index in [1.54, 1.807) is 24.3 Å². The van der Waals surface area contributed by atoms with Crippen molar-refractivity contribution in [2.45, 2.75) is 33.1 Å². The molecule has 0 bridgehead atoms. The van der Waals surface area contributed by atoms with Gasteiger partial charge in [-0.15, -0.1) is 0 Å². The summed E-state index contributed by atoms with van der Waals surface area (Å²) in [6.07, 6.45) is 3.64. The van der Waals surface area contributed by atoms with Gasteiger partial charge >= 0.3 is 0 Å². The second-order valence-corrected chi connectivity index (χ2v) is 5.81. The molecule has 0 unspecified atom stereocenters. The highest BCUT2D eigenvalue weighted by molar-refractivity contribution is 5.98. The van der Waals surface area contributed by atoms with Crippen molar-refractivity contribution in [2.24, 2.45) is 5.92 Å². The highest BCUT2D eigenvalue weighted by Crippen LogP contribution is 2.20. The van der Waals surface area contributed by atoms with Crippen molar-refractivity contribution >= 4 is 17.4 Å². The Kier molecular flexibility index (Phi) is 5.51. The summed E-state index contributed by atoms with van der Waals surface area (Å²) < 4.78 is 0. The monoisotopic (exact) mass is 288 g/mol.